The lowest BCUT2D eigenvalue weighted by atomic mass is 10.0. The van der Waals surface area contributed by atoms with Crippen molar-refractivity contribution in [2.45, 2.75) is 57.5 Å². The van der Waals surface area contributed by atoms with Gasteiger partial charge in [0.2, 0.25) is 23.6 Å². The van der Waals surface area contributed by atoms with E-state index < -0.39 is 78.8 Å². The Labute approximate surface area is 167 Å². The van der Waals surface area contributed by atoms with Gasteiger partial charge >= 0.3 is 5.97 Å². The Hall–Kier alpha value is -2.77. The Morgan fingerprint density at radius 1 is 0.897 bits per heavy atom. The van der Waals surface area contributed by atoms with Gasteiger partial charge in [-0.25, -0.2) is 4.79 Å². The second-order valence-corrected chi connectivity index (χ2v) is 6.82. The molecule has 0 bridgehead atoms. The second-order valence-electron chi connectivity index (χ2n) is 6.82. The van der Waals surface area contributed by atoms with Crippen molar-refractivity contribution in [3.8, 4) is 0 Å². The average Bonchev–Trinajstić information content (AvgIpc) is 2.59. The number of hydrogen-bond donors (Lipinski definition) is 8. The number of carbonyl (C=O) groups is 5. The number of nitrogens with one attached hydrogen (secondary N) is 3. The van der Waals surface area contributed by atoms with Crippen molar-refractivity contribution < 1.29 is 39.3 Å². The standard InChI is InChI=1S/C16H29N5O8/c1-6(2)11(20-13(25)8(17)4-10(18)24)15(27)19-9(5-22)14(26)21-12(7(3)23)16(28)29/h6-9,11-12,22-23H,4-5,17H2,1-3H3,(H2,18,24)(H,19,27)(H,20,25)(H,21,26)(H,28,29). The minimum atomic E-state index is -1.65. The van der Waals surface area contributed by atoms with Crippen molar-refractivity contribution in [2.75, 3.05) is 6.61 Å². The van der Waals surface area contributed by atoms with Gasteiger partial charge in [0, 0.05) is 0 Å². The van der Waals surface area contributed by atoms with Crippen molar-refractivity contribution in [2.24, 2.45) is 17.4 Å². The fourth-order valence-electron chi connectivity index (χ4n) is 2.20. The summed E-state index contributed by atoms with van der Waals surface area (Å²) in [6.45, 7) is 3.45. The summed E-state index contributed by atoms with van der Waals surface area (Å²) in [5, 5.41) is 34.3. The summed E-state index contributed by atoms with van der Waals surface area (Å²) < 4.78 is 0. The second kappa shape index (κ2) is 11.9. The number of aliphatic carboxylic acids is 1. The summed E-state index contributed by atoms with van der Waals surface area (Å²) in [6.07, 6.45) is -1.86. The quantitative estimate of drug-likeness (QED) is 0.153. The molecule has 166 valence electrons. The molecule has 0 aromatic carbocycles. The van der Waals surface area contributed by atoms with Gasteiger partial charge < -0.3 is 42.7 Å². The number of carbonyl (C=O) groups excluding carboxylic acids is 4. The molecule has 0 aromatic rings. The first-order chi connectivity index (χ1) is 13.3. The normalized spacial score (nSPS) is 16.1. The van der Waals surface area contributed by atoms with Crippen molar-refractivity contribution >= 4 is 29.6 Å². The number of rotatable bonds is 12. The van der Waals surface area contributed by atoms with E-state index in [0.717, 1.165) is 6.92 Å². The van der Waals surface area contributed by atoms with Crippen molar-refractivity contribution in [1.29, 1.82) is 0 Å². The first-order valence-corrected chi connectivity index (χ1v) is 8.78. The summed E-state index contributed by atoms with van der Waals surface area (Å²) in [6, 6.07) is -5.64. The molecule has 0 rings (SSSR count). The highest BCUT2D eigenvalue weighted by atomic mass is 16.4. The maximum atomic E-state index is 12.5. The predicted octanol–water partition coefficient (Wildman–Crippen LogP) is -4.24. The molecule has 0 fully saturated rings. The number of aliphatic hydroxyl groups is 2. The Kier molecular flexibility index (Phi) is 10.8. The zero-order chi connectivity index (χ0) is 22.9. The van der Waals surface area contributed by atoms with E-state index in [1.165, 1.54) is 0 Å². The predicted molar refractivity (Wildman–Crippen MR) is 98.8 cm³/mol. The van der Waals surface area contributed by atoms with E-state index in [1.54, 1.807) is 13.8 Å². The molecule has 0 radical (unpaired) electrons. The zero-order valence-corrected chi connectivity index (χ0v) is 16.4. The molecule has 0 spiro atoms. The summed E-state index contributed by atoms with van der Waals surface area (Å²) in [7, 11) is 0. The summed E-state index contributed by atoms with van der Waals surface area (Å²) in [5.41, 5.74) is 10.5. The molecular weight excluding hydrogens is 390 g/mol. The van der Waals surface area contributed by atoms with Crippen LogP contribution in [0.4, 0.5) is 0 Å². The van der Waals surface area contributed by atoms with Crippen LogP contribution in [0.3, 0.4) is 0 Å². The molecular formula is C16H29N5O8. The van der Waals surface area contributed by atoms with Crippen molar-refractivity contribution in [3.63, 3.8) is 0 Å². The number of carboxylic acids is 1. The van der Waals surface area contributed by atoms with Crippen LogP contribution in [0.5, 0.6) is 0 Å². The van der Waals surface area contributed by atoms with Gasteiger partial charge in [0.1, 0.15) is 12.1 Å². The molecule has 0 saturated carbocycles. The maximum absolute atomic E-state index is 12.5. The van der Waals surface area contributed by atoms with E-state index in [2.05, 4.69) is 10.6 Å². The lowest BCUT2D eigenvalue weighted by Crippen LogP contribution is -2.60. The molecule has 0 aromatic heterocycles. The van der Waals surface area contributed by atoms with Crippen LogP contribution in [0.25, 0.3) is 0 Å². The van der Waals surface area contributed by atoms with E-state index in [9.17, 15) is 34.2 Å². The van der Waals surface area contributed by atoms with Crippen LogP contribution < -0.4 is 27.4 Å². The van der Waals surface area contributed by atoms with E-state index in [1.807, 2.05) is 5.32 Å². The average molecular weight is 419 g/mol. The minimum absolute atomic E-state index is 0.435. The molecule has 13 nitrogen and oxygen atoms in total. The van der Waals surface area contributed by atoms with Crippen LogP contribution >= 0.6 is 0 Å². The van der Waals surface area contributed by atoms with Crippen LogP contribution in [0.1, 0.15) is 27.2 Å². The first-order valence-electron chi connectivity index (χ1n) is 8.78. The SMILES string of the molecule is CC(C)C(NC(=O)C(N)CC(N)=O)C(=O)NC(CO)C(=O)NC(C(=O)O)C(C)O. The molecule has 0 heterocycles. The van der Waals surface area contributed by atoms with Crippen LogP contribution in [-0.4, -0.2) is 81.8 Å². The number of nitrogens with two attached hydrogens (primary N) is 2. The zero-order valence-electron chi connectivity index (χ0n) is 16.4. The first kappa shape index (κ1) is 26.2. The molecule has 4 amide bonds. The van der Waals surface area contributed by atoms with Crippen LogP contribution in [-0.2, 0) is 24.0 Å². The number of hydrogen-bond acceptors (Lipinski definition) is 8. The summed E-state index contributed by atoms with van der Waals surface area (Å²) >= 11 is 0. The largest absolute Gasteiger partial charge is 0.480 e. The van der Waals surface area contributed by atoms with Gasteiger partial charge in [-0.15, -0.1) is 0 Å². The van der Waals surface area contributed by atoms with Gasteiger partial charge in [0.25, 0.3) is 0 Å². The molecule has 5 unspecified atom stereocenters. The number of primary amides is 1. The number of carboxylic acid groups (broad SMARTS) is 1. The molecule has 5 atom stereocenters. The third-order valence-electron chi connectivity index (χ3n) is 3.87. The van der Waals surface area contributed by atoms with Gasteiger partial charge in [-0.05, 0) is 12.8 Å². The number of amides is 4. The van der Waals surface area contributed by atoms with Gasteiger partial charge in [-0.2, -0.15) is 0 Å². The molecule has 0 aliphatic heterocycles. The Morgan fingerprint density at radius 2 is 1.41 bits per heavy atom. The molecule has 29 heavy (non-hydrogen) atoms. The highest BCUT2D eigenvalue weighted by molar-refractivity contribution is 5.95. The molecule has 0 saturated heterocycles. The third kappa shape index (κ3) is 8.85. The third-order valence-corrected chi connectivity index (χ3v) is 3.87. The smallest absolute Gasteiger partial charge is 0.328 e. The van der Waals surface area contributed by atoms with Gasteiger partial charge in [-0.1, -0.05) is 13.8 Å². The molecule has 0 aliphatic carbocycles. The van der Waals surface area contributed by atoms with Crippen LogP contribution in [0, 0.1) is 5.92 Å². The van der Waals surface area contributed by atoms with Crippen molar-refractivity contribution in [3.05, 3.63) is 0 Å². The van der Waals surface area contributed by atoms with E-state index in [4.69, 9.17) is 16.6 Å². The fraction of sp³-hybridized carbons (Fsp3) is 0.688. The Morgan fingerprint density at radius 3 is 1.79 bits per heavy atom. The van der Waals surface area contributed by atoms with Gasteiger partial charge in [-0.3, -0.25) is 19.2 Å². The topological polar surface area (TPSA) is 234 Å². The lowest BCUT2D eigenvalue weighted by molar-refractivity contribution is -0.145. The van der Waals surface area contributed by atoms with Gasteiger partial charge in [0.15, 0.2) is 6.04 Å². The minimum Gasteiger partial charge on any atom is -0.480 e. The highest BCUT2D eigenvalue weighted by Crippen LogP contribution is 2.04. The van der Waals surface area contributed by atoms with Crippen molar-refractivity contribution in [1.82, 2.24) is 16.0 Å². The molecule has 0 aliphatic rings. The monoisotopic (exact) mass is 419 g/mol. The maximum Gasteiger partial charge on any atom is 0.328 e. The summed E-state index contributed by atoms with van der Waals surface area (Å²) in [4.78, 5) is 58.6. The lowest BCUT2D eigenvalue weighted by Gasteiger charge is -2.26. The van der Waals surface area contributed by atoms with Gasteiger partial charge in [0.05, 0.1) is 25.2 Å². The van der Waals surface area contributed by atoms with E-state index in [-0.39, 0.29) is 0 Å². The van der Waals surface area contributed by atoms with E-state index >= 15 is 0 Å². The number of aliphatic hydroxyl groups excluding tert-OH is 2. The highest BCUT2D eigenvalue weighted by Gasteiger charge is 2.32. The summed E-state index contributed by atoms with van der Waals surface area (Å²) in [5.74, 6) is -5.49. The Balaban J connectivity index is 5.17. The Bertz CT molecular complexity index is 624. The molecule has 13 heteroatoms. The molecule has 10 N–H and O–H groups in total. The van der Waals surface area contributed by atoms with Crippen LogP contribution in [0.2, 0.25) is 0 Å². The fourth-order valence-corrected chi connectivity index (χ4v) is 2.20. The van der Waals surface area contributed by atoms with Crippen LogP contribution in [0.15, 0.2) is 0 Å². The van der Waals surface area contributed by atoms with E-state index in [0.29, 0.717) is 0 Å².